The van der Waals surface area contributed by atoms with E-state index in [1.54, 1.807) is 0 Å². The van der Waals surface area contributed by atoms with Crippen molar-refractivity contribution < 1.29 is 30.3 Å². The zero-order valence-corrected chi connectivity index (χ0v) is 8.57. The molecule has 4 N–H and O–H groups in total. The molecule has 6 nitrogen and oxygen atoms in total. The third-order valence-electron chi connectivity index (χ3n) is 1.14. The summed E-state index contributed by atoms with van der Waals surface area (Å²) in [6.45, 7) is 0.468. The Morgan fingerprint density at radius 3 is 1.36 bits per heavy atom. The van der Waals surface area contributed by atoms with E-state index < -0.39 is 6.16 Å². The summed E-state index contributed by atoms with van der Waals surface area (Å²) in [6.07, 6.45) is -2.08. The summed E-state index contributed by atoms with van der Waals surface area (Å²) < 4.78 is 0. The Kier molecular flexibility index (Phi) is 14.2. The molecular weight excluding hydrogens is 212 g/mol. The molecule has 86 valence electrons. The zero-order chi connectivity index (χ0) is 11.4. The lowest BCUT2D eigenvalue weighted by Gasteiger charge is -2.02. The van der Waals surface area contributed by atoms with Crippen molar-refractivity contribution in [1.29, 1.82) is 0 Å². The van der Waals surface area contributed by atoms with Gasteiger partial charge in [-0.2, -0.15) is 0 Å². The first-order valence-corrected chi connectivity index (χ1v) is 5.68. The van der Waals surface area contributed by atoms with Gasteiger partial charge in [-0.05, 0) is 10.9 Å². The van der Waals surface area contributed by atoms with Crippen LogP contribution in [0.15, 0.2) is 0 Å². The fraction of sp³-hybridized carbons (Fsp3) is 0.857. The highest BCUT2D eigenvalue weighted by atomic mass is 32.2. The van der Waals surface area contributed by atoms with Crippen LogP contribution in [-0.2, 0) is 10.9 Å². The Hall–Kier alpha value is -0.500. The van der Waals surface area contributed by atoms with Crippen molar-refractivity contribution in [2.24, 2.45) is 0 Å². The quantitative estimate of drug-likeness (QED) is 0.372. The molecule has 0 spiro atoms. The van der Waals surface area contributed by atoms with E-state index in [1.807, 2.05) is 0 Å². The van der Waals surface area contributed by atoms with E-state index in [0.29, 0.717) is 17.3 Å². The van der Waals surface area contributed by atoms with Gasteiger partial charge in [0, 0.05) is 0 Å². The Balaban J connectivity index is 0. The van der Waals surface area contributed by atoms with Gasteiger partial charge in [-0.3, -0.25) is 0 Å². The second-order valence-electron chi connectivity index (χ2n) is 2.16. The summed E-state index contributed by atoms with van der Waals surface area (Å²) in [5.74, 6) is 2.13. The minimum absolute atomic E-state index is 0.0255. The van der Waals surface area contributed by atoms with Crippen molar-refractivity contribution in [1.82, 2.24) is 0 Å². The SMILES string of the molecule is O=C([O-])O.OCC[S+](CCO)CCO. The van der Waals surface area contributed by atoms with E-state index in [9.17, 15) is 0 Å². The van der Waals surface area contributed by atoms with E-state index in [-0.39, 0.29) is 30.7 Å². The van der Waals surface area contributed by atoms with Gasteiger partial charge in [0.15, 0.2) is 0 Å². The lowest BCUT2D eigenvalue weighted by atomic mass is 10.8. The number of carboxylic acid groups (broad SMARTS) is 2. The van der Waals surface area contributed by atoms with Crippen LogP contribution in [0.25, 0.3) is 0 Å². The molecule has 0 heterocycles. The predicted molar refractivity (Wildman–Crippen MR) is 51.2 cm³/mol. The molecule has 0 saturated heterocycles. The van der Waals surface area contributed by atoms with Crippen molar-refractivity contribution in [2.75, 3.05) is 37.1 Å². The highest BCUT2D eigenvalue weighted by molar-refractivity contribution is 7.96. The molecule has 0 amide bonds. The van der Waals surface area contributed by atoms with Crippen LogP contribution in [0.3, 0.4) is 0 Å². The number of rotatable bonds is 6. The van der Waals surface area contributed by atoms with Crippen molar-refractivity contribution in [3.63, 3.8) is 0 Å². The van der Waals surface area contributed by atoms with Gasteiger partial charge in [0.05, 0.1) is 19.8 Å². The van der Waals surface area contributed by atoms with Gasteiger partial charge in [-0.15, -0.1) is 0 Å². The molecule has 14 heavy (non-hydrogen) atoms. The minimum atomic E-state index is -2.08. The number of carbonyl (C=O) groups is 1. The van der Waals surface area contributed by atoms with Crippen LogP contribution in [0.5, 0.6) is 0 Å². The van der Waals surface area contributed by atoms with Gasteiger partial charge in [0.2, 0.25) is 6.16 Å². The highest BCUT2D eigenvalue weighted by Crippen LogP contribution is 1.94. The highest BCUT2D eigenvalue weighted by Gasteiger charge is 2.14. The molecule has 0 aromatic rings. The smallest absolute Gasteiger partial charge is 0.249 e. The van der Waals surface area contributed by atoms with E-state index in [0.717, 1.165) is 0 Å². The van der Waals surface area contributed by atoms with Gasteiger partial charge in [0.1, 0.15) is 17.3 Å². The van der Waals surface area contributed by atoms with Gasteiger partial charge in [-0.1, -0.05) is 0 Å². The van der Waals surface area contributed by atoms with Crippen LogP contribution < -0.4 is 5.11 Å². The zero-order valence-electron chi connectivity index (χ0n) is 7.76. The van der Waals surface area contributed by atoms with Crippen LogP contribution in [-0.4, -0.2) is 63.7 Å². The summed E-state index contributed by atoms with van der Waals surface area (Å²) in [7, 11) is 0.0255. The molecule has 0 unspecified atom stereocenters. The fourth-order valence-electron chi connectivity index (χ4n) is 0.693. The molecule has 0 aliphatic carbocycles. The molecular formula is C7H16O6S. The Morgan fingerprint density at radius 2 is 1.21 bits per heavy atom. The maximum absolute atomic E-state index is 8.53. The van der Waals surface area contributed by atoms with Crippen LogP contribution >= 0.6 is 0 Å². The van der Waals surface area contributed by atoms with Crippen LogP contribution in [0.2, 0.25) is 0 Å². The third kappa shape index (κ3) is 17.5. The molecule has 0 aliphatic heterocycles. The Morgan fingerprint density at radius 1 is 1.00 bits per heavy atom. The molecule has 0 fully saturated rings. The minimum Gasteiger partial charge on any atom is -0.565 e. The van der Waals surface area contributed by atoms with E-state index in [1.165, 1.54) is 0 Å². The van der Waals surface area contributed by atoms with Crippen LogP contribution in [0, 0.1) is 0 Å². The number of aliphatic hydroxyl groups excluding tert-OH is 3. The van der Waals surface area contributed by atoms with Crippen molar-refractivity contribution in [3.05, 3.63) is 0 Å². The molecule has 0 aliphatic rings. The normalized spacial score (nSPS) is 9.43. The van der Waals surface area contributed by atoms with Crippen molar-refractivity contribution >= 4 is 17.1 Å². The average molecular weight is 228 g/mol. The van der Waals surface area contributed by atoms with Crippen LogP contribution in [0.1, 0.15) is 0 Å². The standard InChI is InChI=1S/C6H15O3S.CH2O3/c7-1-4-10(5-2-8)6-3-9;2-1(3)4/h7-9H,1-6H2;(H2,2,3,4)/q+1;/p-1. The van der Waals surface area contributed by atoms with E-state index >= 15 is 0 Å². The van der Waals surface area contributed by atoms with E-state index in [4.69, 9.17) is 30.3 Å². The molecule has 0 radical (unpaired) electrons. The molecule has 0 atom stereocenters. The third-order valence-corrected chi connectivity index (χ3v) is 3.42. The largest absolute Gasteiger partial charge is 0.565 e. The Bertz CT molecular complexity index is 113. The molecule has 0 rings (SSSR count). The van der Waals surface area contributed by atoms with Crippen molar-refractivity contribution in [3.8, 4) is 0 Å². The predicted octanol–water partition coefficient (Wildman–Crippen LogP) is -2.53. The van der Waals surface area contributed by atoms with Gasteiger partial charge in [0.25, 0.3) is 0 Å². The van der Waals surface area contributed by atoms with Crippen molar-refractivity contribution in [2.45, 2.75) is 0 Å². The fourth-order valence-corrected chi connectivity index (χ4v) is 2.08. The van der Waals surface area contributed by atoms with E-state index in [2.05, 4.69) is 0 Å². The number of aliphatic hydroxyl groups is 3. The first-order valence-electron chi connectivity index (χ1n) is 3.95. The molecule has 0 aromatic heterocycles. The summed E-state index contributed by atoms with van der Waals surface area (Å²) in [5, 5.41) is 40.9. The maximum atomic E-state index is 8.53. The summed E-state index contributed by atoms with van der Waals surface area (Å²) in [5.41, 5.74) is 0. The van der Waals surface area contributed by atoms with Crippen LogP contribution in [0.4, 0.5) is 4.79 Å². The molecule has 0 bridgehead atoms. The van der Waals surface area contributed by atoms with Gasteiger partial charge >= 0.3 is 0 Å². The maximum Gasteiger partial charge on any atom is 0.249 e. The topological polar surface area (TPSA) is 121 Å². The lowest BCUT2D eigenvalue weighted by molar-refractivity contribution is -0.275. The molecule has 0 aromatic carbocycles. The molecule has 0 saturated carbocycles. The second-order valence-corrected chi connectivity index (χ2v) is 4.61. The lowest BCUT2D eigenvalue weighted by Crippen LogP contribution is -2.22. The average Bonchev–Trinajstić information content (AvgIpc) is 2.04. The number of hydrogen-bond acceptors (Lipinski definition) is 5. The van der Waals surface area contributed by atoms with Gasteiger partial charge < -0.3 is 30.3 Å². The first-order chi connectivity index (χ1) is 6.58. The second kappa shape index (κ2) is 12.5. The summed E-state index contributed by atoms with van der Waals surface area (Å²) in [4.78, 5) is 8.44. The molecule has 7 heteroatoms. The van der Waals surface area contributed by atoms with Gasteiger partial charge in [-0.25, -0.2) is 0 Å². The monoisotopic (exact) mass is 228 g/mol. The number of hydrogen-bond donors (Lipinski definition) is 4. The first kappa shape index (κ1) is 15.9. The Labute approximate surface area is 85.2 Å². The summed E-state index contributed by atoms with van der Waals surface area (Å²) >= 11 is 0. The summed E-state index contributed by atoms with van der Waals surface area (Å²) in [6, 6.07) is 0.